The second kappa shape index (κ2) is 6.87. The number of rotatable bonds is 6. The molecule has 0 N–H and O–H groups in total. The SMILES string of the molecule is Cc1cc(N(C)CCCN(C)C)ccc1CCl. The van der Waals surface area contributed by atoms with E-state index in [2.05, 4.69) is 56.1 Å². The van der Waals surface area contributed by atoms with Gasteiger partial charge >= 0.3 is 0 Å². The van der Waals surface area contributed by atoms with E-state index in [9.17, 15) is 0 Å². The van der Waals surface area contributed by atoms with Crippen LogP contribution in [0.15, 0.2) is 18.2 Å². The van der Waals surface area contributed by atoms with E-state index in [1.807, 2.05) is 0 Å². The summed E-state index contributed by atoms with van der Waals surface area (Å²) >= 11 is 5.86. The van der Waals surface area contributed by atoms with Gasteiger partial charge in [-0.25, -0.2) is 0 Å². The highest BCUT2D eigenvalue weighted by Crippen LogP contribution is 2.19. The average molecular weight is 255 g/mol. The molecule has 0 radical (unpaired) electrons. The normalized spacial score (nSPS) is 10.9. The van der Waals surface area contributed by atoms with Crippen molar-refractivity contribution in [2.24, 2.45) is 0 Å². The minimum Gasteiger partial charge on any atom is -0.375 e. The largest absolute Gasteiger partial charge is 0.375 e. The monoisotopic (exact) mass is 254 g/mol. The average Bonchev–Trinajstić information content (AvgIpc) is 2.28. The second-order valence-corrected chi connectivity index (χ2v) is 5.09. The molecule has 17 heavy (non-hydrogen) atoms. The van der Waals surface area contributed by atoms with Crippen molar-refractivity contribution in [3.05, 3.63) is 29.3 Å². The quantitative estimate of drug-likeness (QED) is 0.720. The van der Waals surface area contributed by atoms with Crippen LogP contribution in [-0.2, 0) is 5.88 Å². The van der Waals surface area contributed by atoms with Crippen molar-refractivity contribution in [2.45, 2.75) is 19.2 Å². The predicted molar refractivity (Wildman–Crippen MR) is 77.2 cm³/mol. The number of nitrogens with zero attached hydrogens (tertiary/aromatic N) is 2. The zero-order valence-corrected chi connectivity index (χ0v) is 12.1. The van der Waals surface area contributed by atoms with Gasteiger partial charge in [0.1, 0.15) is 0 Å². The van der Waals surface area contributed by atoms with E-state index >= 15 is 0 Å². The van der Waals surface area contributed by atoms with Gasteiger partial charge in [-0.05, 0) is 57.2 Å². The van der Waals surface area contributed by atoms with Crippen LogP contribution in [0.5, 0.6) is 0 Å². The first-order chi connectivity index (χ1) is 8.04. The zero-order chi connectivity index (χ0) is 12.8. The van der Waals surface area contributed by atoms with Crippen LogP contribution >= 0.6 is 11.6 Å². The number of halogens is 1. The van der Waals surface area contributed by atoms with Crippen LogP contribution in [0.2, 0.25) is 0 Å². The van der Waals surface area contributed by atoms with Crippen LogP contribution in [-0.4, -0.2) is 39.1 Å². The van der Waals surface area contributed by atoms with Gasteiger partial charge in [0.25, 0.3) is 0 Å². The van der Waals surface area contributed by atoms with Crippen LogP contribution in [0.1, 0.15) is 17.5 Å². The topological polar surface area (TPSA) is 6.48 Å². The Labute approximate surface area is 110 Å². The Morgan fingerprint density at radius 2 is 1.82 bits per heavy atom. The summed E-state index contributed by atoms with van der Waals surface area (Å²) in [5.41, 5.74) is 3.77. The molecule has 0 saturated heterocycles. The van der Waals surface area contributed by atoms with Crippen molar-refractivity contribution >= 4 is 17.3 Å². The molecular weight excluding hydrogens is 232 g/mol. The van der Waals surface area contributed by atoms with E-state index in [1.165, 1.54) is 23.2 Å². The summed E-state index contributed by atoms with van der Waals surface area (Å²) in [4.78, 5) is 4.52. The molecule has 2 nitrogen and oxygen atoms in total. The molecule has 1 aromatic carbocycles. The van der Waals surface area contributed by atoms with Crippen molar-refractivity contribution in [2.75, 3.05) is 39.1 Å². The highest BCUT2D eigenvalue weighted by atomic mass is 35.5. The highest BCUT2D eigenvalue weighted by molar-refractivity contribution is 6.17. The van der Waals surface area contributed by atoms with Gasteiger partial charge < -0.3 is 9.80 Å². The van der Waals surface area contributed by atoms with E-state index in [4.69, 9.17) is 11.6 Å². The van der Waals surface area contributed by atoms with E-state index in [-0.39, 0.29) is 0 Å². The Morgan fingerprint density at radius 3 is 2.35 bits per heavy atom. The molecule has 0 atom stereocenters. The molecule has 1 rings (SSSR count). The molecule has 0 bridgehead atoms. The third kappa shape index (κ3) is 4.57. The molecule has 0 unspecified atom stereocenters. The molecule has 0 aromatic heterocycles. The molecule has 0 fully saturated rings. The van der Waals surface area contributed by atoms with Gasteiger partial charge in [0, 0.05) is 25.2 Å². The Balaban J connectivity index is 2.57. The van der Waals surface area contributed by atoms with Gasteiger partial charge in [-0.3, -0.25) is 0 Å². The predicted octanol–water partition coefficient (Wildman–Crippen LogP) is 3.12. The maximum Gasteiger partial charge on any atom is 0.0476 e. The molecule has 0 saturated carbocycles. The van der Waals surface area contributed by atoms with Crippen molar-refractivity contribution < 1.29 is 0 Å². The molecule has 1 aromatic rings. The lowest BCUT2D eigenvalue weighted by atomic mass is 10.1. The summed E-state index contributed by atoms with van der Waals surface area (Å²) in [7, 11) is 6.36. The Morgan fingerprint density at radius 1 is 1.12 bits per heavy atom. The molecule has 0 heterocycles. The summed E-state index contributed by atoms with van der Waals surface area (Å²) in [6, 6.07) is 6.49. The third-order valence-corrected chi connectivity index (χ3v) is 3.30. The summed E-state index contributed by atoms with van der Waals surface area (Å²) in [5.74, 6) is 0.594. The number of aryl methyl sites for hydroxylation is 1. The smallest absolute Gasteiger partial charge is 0.0476 e. The van der Waals surface area contributed by atoms with Gasteiger partial charge in [0.15, 0.2) is 0 Å². The fourth-order valence-corrected chi connectivity index (χ4v) is 2.12. The maximum atomic E-state index is 5.86. The standard InChI is InChI=1S/C14H23ClN2/c1-12-10-14(7-6-13(12)11-15)17(4)9-5-8-16(2)3/h6-7,10H,5,8-9,11H2,1-4H3. The lowest BCUT2D eigenvalue weighted by molar-refractivity contribution is 0.401. The van der Waals surface area contributed by atoms with E-state index in [0.29, 0.717) is 5.88 Å². The fraction of sp³-hybridized carbons (Fsp3) is 0.571. The van der Waals surface area contributed by atoms with Crippen molar-refractivity contribution in [1.29, 1.82) is 0 Å². The number of hydrogen-bond acceptors (Lipinski definition) is 2. The van der Waals surface area contributed by atoms with E-state index in [1.54, 1.807) is 0 Å². The summed E-state index contributed by atoms with van der Waals surface area (Å²) in [6.07, 6.45) is 1.18. The van der Waals surface area contributed by atoms with Gasteiger partial charge in [-0.2, -0.15) is 0 Å². The molecule has 0 aliphatic heterocycles. The third-order valence-electron chi connectivity index (χ3n) is 3.01. The first-order valence-corrected chi connectivity index (χ1v) is 6.59. The second-order valence-electron chi connectivity index (χ2n) is 4.82. The first-order valence-electron chi connectivity index (χ1n) is 6.06. The fourth-order valence-electron chi connectivity index (χ4n) is 1.82. The van der Waals surface area contributed by atoms with Gasteiger partial charge in [0.05, 0.1) is 0 Å². The van der Waals surface area contributed by atoms with Crippen molar-refractivity contribution in [3.8, 4) is 0 Å². The van der Waals surface area contributed by atoms with Crippen LogP contribution in [0, 0.1) is 6.92 Å². The molecule has 96 valence electrons. The van der Waals surface area contributed by atoms with Gasteiger partial charge in [0.2, 0.25) is 0 Å². The summed E-state index contributed by atoms with van der Waals surface area (Å²) in [5, 5.41) is 0. The number of alkyl halides is 1. The van der Waals surface area contributed by atoms with Crippen LogP contribution < -0.4 is 4.90 Å². The van der Waals surface area contributed by atoms with E-state index in [0.717, 1.165) is 13.1 Å². The molecule has 0 spiro atoms. The zero-order valence-electron chi connectivity index (χ0n) is 11.3. The van der Waals surface area contributed by atoms with Gasteiger partial charge in [-0.1, -0.05) is 6.07 Å². The van der Waals surface area contributed by atoms with Crippen LogP contribution in [0.3, 0.4) is 0 Å². The van der Waals surface area contributed by atoms with E-state index < -0.39 is 0 Å². The molecule has 3 heteroatoms. The Hall–Kier alpha value is -0.730. The van der Waals surface area contributed by atoms with Crippen molar-refractivity contribution in [3.63, 3.8) is 0 Å². The highest BCUT2D eigenvalue weighted by Gasteiger charge is 2.03. The Kier molecular flexibility index (Phi) is 5.79. The number of hydrogen-bond donors (Lipinski definition) is 0. The van der Waals surface area contributed by atoms with Crippen LogP contribution in [0.25, 0.3) is 0 Å². The Bertz CT molecular complexity index is 350. The minimum absolute atomic E-state index is 0.594. The number of anilines is 1. The maximum absolute atomic E-state index is 5.86. The van der Waals surface area contributed by atoms with Gasteiger partial charge in [-0.15, -0.1) is 11.6 Å². The molecule has 0 aliphatic carbocycles. The van der Waals surface area contributed by atoms with Crippen LogP contribution in [0.4, 0.5) is 5.69 Å². The lowest BCUT2D eigenvalue weighted by Crippen LogP contribution is -2.23. The minimum atomic E-state index is 0.594. The summed E-state index contributed by atoms with van der Waals surface area (Å²) < 4.78 is 0. The molecule has 0 amide bonds. The van der Waals surface area contributed by atoms with Crippen molar-refractivity contribution in [1.82, 2.24) is 4.90 Å². The first kappa shape index (κ1) is 14.3. The molecular formula is C14H23ClN2. The molecule has 0 aliphatic rings. The lowest BCUT2D eigenvalue weighted by Gasteiger charge is -2.21. The number of benzene rings is 1. The summed E-state index contributed by atoms with van der Waals surface area (Å²) in [6.45, 7) is 4.33.